The van der Waals surface area contributed by atoms with E-state index in [1.165, 1.54) is 5.56 Å². The maximum absolute atomic E-state index is 12.1. The van der Waals surface area contributed by atoms with Crippen LogP contribution in [0.15, 0.2) is 24.3 Å². The van der Waals surface area contributed by atoms with Crippen molar-refractivity contribution in [3.8, 4) is 0 Å². The molecule has 0 bridgehead atoms. The average Bonchev–Trinajstić information content (AvgIpc) is 2.82. The van der Waals surface area contributed by atoms with Crippen molar-refractivity contribution in [1.29, 1.82) is 0 Å². The summed E-state index contributed by atoms with van der Waals surface area (Å²) in [6.45, 7) is 8.68. The van der Waals surface area contributed by atoms with Gasteiger partial charge in [0.1, 0.15) is 0 Å². The van der Waals surface area contributed by atoms with Gasteiger partial charge in [-0.05, 0) is 31.0 Å². The zero-order valence-corrected chi connectivity index (χ0v) is 14.1. The van der Waals surface area contributed by atoms with Crippen molar-refractivity contribution in [3.05, 3.63) is 29.8 Å². The number of pyridine rings is 1. The molecule has 0 unspecified atom stereocenters. The molecule has 0 fully saturated rings. The summed E-state index contributed by atoms with van der Waals surface area (Å²) >= 11 is 0. The van der Waals surface area contributed by atoms with E-state index in [2.05, 4.69) is 48.5 Å². The molecule has 1 N–H and O–H groups in total. The number of anilines is 1. The van der Waals surface area contributed by atoms with Crippen LogP contribution in [0.3, 0.4) is 0 Å². The van der Waals surface area contributed by atoms with Crippen LogP contribution in [0.5, 0.6) is 0 Å². The molecule has 120 valence electrons. The average molecular weight is 310 g/mol. The number of carbonyl (C=O) groups excluding carboxylic acids is 1. The summed E-state index contributed by atoms with van der Waals surface area (Å²) in [7, 11) is 0. The van der Waals surface area contributed by atoms with Crippen molar-refractivity contribution < 1.29 is 4.79 Å². The lowest BCUT2D eigenvalue weighted by molar-refractivity contribution is -0.118. The molecule has 23 heavy (non-hydrogen) atoms. The van der Waals surface area contributed by atoms with Gasteiger partial charge < -0.3 is 5.32 Å². The Morgan fingerprint density at radius 2 is 2.09 bits per heavy atom. The van der Waals surface area contributed by atoms with Gasteiger partial charge in [0.15, 0.2) is 11.5 Å². The Bertz CT molecular complexity index is 879. The second-order valence-corrected chi connectivity index (χ2v) is 6.27. The van der Waals surface area contributed by atoms with Crippen LogP contribution in [0.4, 0.5) is 5.82 Å². The second-order valence-electron chi connectivity index (χ2n) is 6.27. The van der Waals surface area contributed by atoms with Gasteiger partial charge in [0.2, 0.25) is 5.91 Å². The molecule has 1 aromatic carbocycles. The minimum absolute atomic E-state index is 0.0305. The highest BCUT2D eigenvalue weighted by Gasteiger charge is 2.16. The molecule has 0 saturated carbocycles. The summed E-state index contributed by atoms with van der Waals surface area (Å²) < 4.78 is 1.88. The highest BCUT2D eigenvalue weighted by atomic mass is 16.1. The molecule has 3 aromatic rings. The molecular weight excluding hydrogens is 288 g/mol. The minimum Gasteiger partial charge on any atom is -0.308 e. The van der Waals surface area contributed by atoms with Crippen LogP contribution in [0.25, 0.3) is 21.9 Å². The number of benzene rings is 1. The fourth-order valence-corrected chi connectivity index (χ4v) is 2.58. The molecule has 0 radical (unpaired) electrons. The number of nitrogens with zero attached hydrogens (tertiary/aromatic N) is 3. The Kier molecular flexibility index (Phi) is 4.03. The largest absolute Gasteiger partial charge is 0.308 e. The number of hydrogen-bond acceptors (Lipinski definition) is 3. The monoisotopic (exact) mass is 310 g/mol. The smallest absolute Gasteiger partial charge is 0.228 e. The van der Waals surface area contributed by atoms with E-state index >= 15 is 0 Å². The van der Waals surface area contributed by atoms with Gasteiger partial charge in [-0.25, -0.2) is 9.67 Å². The zero-order valence-electron chi connectivity index (χ0n) is 14.1. The van der Waals surface area contributed by atoms with Gasteiger partial charge in [-0.3, -0.25) is 4.79 Å². The van der Waals surface area contributed by atoms with E-state index in [4.69, 9.17) is 4.98 Å². The normalized spacial score (nSPS) is 11.5. The van der Waals surface area contributed by atoms with Crippen LogP contribution in [-0.4, -0.2) is 20.7 Å². The topological polar surface area (TPSA) is 59.8 Å². The SMILES string of the molecule is CCCn1nc(NC(=O)C(C)C)c2cc3ccc(C)cc3nc21. The molecule has 2 aromatic heterocycles. The zero-order chi connectivity index (χ0) is 16.6. The number of carbonyl (C=O) groups is 1. The van der Waals surface area contributed by atoms with Gasteiger partial charge in [0.25, 0.3) is 0 Å². The number of nitrogens with one attached hydrogen (secondary N) is 1. The van der Waals surface area contributed by atoms with Crippen molar-refractivity contribution in [2.45, 2.75) is 40.7 Å². The lowest BCUT2D eigenvalue weighted by atomic mass is 10.1. The van der Waals surface area contributed by atoms with E-state index in [1.807, 2.05) is 18.5 Å². The van der Waals surface area contributed by atoms with Gasteiger partial charge in [-0.2, -0.15) is 5.10 Å². The number of aryl methyl sites for hydroxylation is 2. The van der Waals surface area contributed by atoms with Crippen LogP contribution in [0.2, 0.25) is 0 Å². The first-order valence-corrected chi connectivity index (χ1v) is 8.08. The highest BCUT2D eigenvalue weighted by molar-refractivity contribution is 6.03. The molecule has 0 saturated heterocycles. The lowest BCUT2D eigenvalue weighted by Gasteiger charge is -2.05. The van der Waals surface area contributed by atoms with Crippen LogP contribution in [0.1, 0.15) is 32.8 Å². The molecule has 2 heterocycles. The molecular formula is C18H22N4O. The molecule has 1 amide bonds. The molecule has 0 aliphatic carbocycles. The first-order chi connectivity index (χ1) is 11.0. The van der Waals surface area contributed by atoms with Crippen LogP contribution in [0, 0.1) is 12.8 Å². The summed E-state index contributed by atoms with van der Waals surface area (Å²) in [5, 5.41) is 9.44. The number of rotatable bonds is 4. The third-order valence-electron chi connectivity index (χ3n) is 3.87. The summed E-state index contributed by atoms with van der Waals surface area (Å²) in [6.07, 6.45) is 0.960. The molecule has 5 heteroatoms. The van der Waals surface area contributed by atoms with E-state index < -0.39 is 0 Å². The van der Waals surface area contributed by atoms with E-state index in [0.29, 0.717) is 5.82 Å². The van der Waals surface area contributed by atoms with Crippen molar-refractivity contribution in [1.82, 2.24) is 14.8 Å². The van der Waals surface area contributed by atoms with E-state index in [-0.39, 0.29) is 11.8 Å². The molecule has 0 spiro atoms. The third kappa shape index (κ3) is 2.91. The number of fused-ring (bicyclic) bond motifs is 2. The fourth-order valence-electron chi connectivity index (χ4n) is 2.58. The standard InChI is InChI=1S/C18H22N4O/c1-5-8-22-17-14(16(21-22)20-18(23)11(2)3)10-13-7-6-12(4)9-15(13)19-17/h6-7,9-11H,5,8H2,1-4H3,(H,20,21,23). The van der Waals surface area contributed by atoms with Gasteiger partial charge in [-0.1, -0.05) is 32.9 Å². The van der Waals surface area contributed by atoms with Crippen molar-refractivity contribution in [2.75, 3.05) is 5.32 Å². The van der Waals surface area contributed by atoms with Crippen molar-refractivity contribution in [2.24, 2.45) is 5.92 Å². The van der Waals surface area contributed by atoms with E-state index in [9.17, 15) is 4.79 Å². The van der Waals surface area contributed by atoms with Crippen LogP contribution in [-0.2, 0) is 11.3 Å². The van der Waals surface area contributed by atoms with Gasteiger partial charge >= 0.3 is 0 Å². The third-order valence-corrected chi connectivity index (χ3v) is 3.87. The number of amides is 1. The number of aromatic nitrogens is 3. The Labute approximate surface area is 135 Å². The lowest BCUT2D eigenvalue weighted by Crippen LogP contribution is -2.18. The van der Waals surface area contributed by atoms with Gasteiger partial charge in [0, 0.05) is 17.8 Å². The predicted octanol–water partition coefficient (Wildman–Crippen LogP) is 3.90. The quantitative estimate of drug-likeness (QED) is 0.795. The van der Waals surface area contributed by atoms with Gasteiger partial charge in [-0.15, -0.1) is 0 Å². The van der Waals surface area contributed by atoms with Crippen LogP contribution >= 0.6 is 0 Å². The van der Waals surface area contributed by atoms with Gasteiger partial charge in [0.05, 0.1) is 10.9 Å². The Morgan fingerprint density at radius 3 is 2.78 bits per heavy atom. The molecule has 5 nitrogen and oxygen atoms in total. The predicted molar refractivity (Wildman–Crippen MR) is 93.5 cm³/mol. The summed E-state index contributed by atoms with van der Waals surface area (Å²) in [4.78, 5) is 16.8. The molecule has 0 atom stereocenters. The van der Waals surface area contributed by atoms with Crippen molar-refractivity contribution >= 4 is 33.7 Å². The maximum Gasteiger partial charge on any atom is 0.228 e. The van der Waals surface area contributed by atoms with E-state index in [1.54, 1.807) is 0 Å². The van der Waals surface area contributed by atoms with E-state index in [0.717, 1.165) is 34.9 Å². The Morgan fingerprint density at radius 1 is 1.30 bits per heavy atom. The minimum atomic E-state index is -0.0857. The Balaban J connectivity index is 2.20. The first kappa shape index (κ1) is 15.5. The Hall–Kier alpha value is -2.43. The maximum atomic E-state index is 12.1. The summed E-state index contributed by atoms with van der Waals surface area (Å²) in [5.74, 6) is 0.483. The molecule has 0 aliphatic heterocycles. The fraction of sp³-hybridized carbons (Fsp3) is 0.389. The molecule has 3 rings (SSSR count). The summed E-state index contributed by atoms with van der Waals surface area (Å²) in [6, 6.07) is 8.26. The van der Waals surface area contributed by atoms with Crippen molar-refractivity contribution in [3.63, 3.8) is 0 Å². The number of hydrogen-bond donors (Lipinski definition) is 1. The first-order valence-electron chi connectivity index (χ1n) is 8.08. The molecule has 0 aliphatic rings. The second kappa shape index (κ2) is 5.99. The van der Waals surface area contributed by atoms with Crippen LogP contribution < -0.4 is 5.32 Å². The highest BCUT2D eigenvalue weighted by Crippen LogP contribution is 2.27. The summed E-state index contributed by atoms with van der Waals surface area (Å²) in [5.41, 5.74) is 2.96.